The fraction of sp³-hybridized carbons (Fsp3) is 0.889. The molecule has 0 amide bonds. The van der Waals surface area contributed by atoms with E-state index < -0.39 is 0 Å². The summed E-state index contributed by atoms with van der Waals surface area (Å²) in [5, 5.41) is 3.18. The van der Waals surface area contributed by atoms with E-state index in [0.29, 0.717) is 24.2 Å². The van der Waals surface area contributed by atoms with Crippen LogP contribution in [0.3, 0.4) is 0 Å². The lowest BCUT2D eigenvalue weighted by Gasteiger charge is -2.34. The molecule has 1 saturated heterocycles. The third-order valence-electron chi connectivity index (χ3n) is 3.03. The molecule has 2 fully saturated rings. The summed E-state index contributed by atoms with van der Waals surface area (Å²) in [5.41, 5.74) is 0. The van der Waals surface area contributed by atoms with Crippen LogP contribution in [0.25, 0.3) is 0 Å². The molecule has 1 N–H and O–H groups in total. The highest BCUT2D eigenvalue weighted by Gasteiger charge is 2.32. The van der Waals surface area contributed by atoms with Crippen molar-refractivity contribution in [2.45, 2.75) is 25.7 Å². The van der Waals surface area contributed by atoms with Crippen LogP contribution in [-0.2, 0) is 4.79 Å². The monoisotopic (exact) mass is 153 g/mol. The van der Waals surface area contributed by atoms with Gasteiger partial charge < -0.3 is 5.32 Å². The van der Waals surface area contributed by atoms with Crippen LogP contribution in [0, 0.1) is 11.8 Å². The molecule has 2 heteroatoms. The van der Waals surface area contributed by atoms with Crippen molar-refractivity contribution in [1.29, 1.82) is 0 Å². The Balaban J connectivity index is 2.05. The van der Waals surface area contributed by atoms with Crippen molar-refractivity contribution in [1.82, 2.24) is 5.32 Å². The number of fused-ring (bicyclic) bond motifs is 1. The topological polar surface area (TPSA) is 29.1 Å². The molecular formula is C9H15NO. The zero-order valence-corrected chi connectivity index (χ0v) is 6.81. The Hall–Kier alpha value is -0.370. The summed E-state index contributed by atoms with van der Waals surface area (Å²) in [7, 11) is 0. The van der Waals surface area contributed by atoms with Gasteiger partial charge in [0.05, 0.1) is 6.54 Å². The molecule has 0 aromatic carbocycles. The van der Waals surface area contributed by atoms with Gasteiger partial charge in [0.2, 0.25) is 0 Å². The highest BCUT2D eigenvalue weighted by molar-refractivity contribution is 5.84. The van der Waals surface area contributed by atoms with Crippen LogP contribution >= 0.6 is 0 Å². The van der Waals surface area contributed by atoms with Gasteiger partial charge in [0.1, 0.15) is 5.78 Å². The van der Waals surface area contributed by atoms with E-state index in [2.05, 4.69) is 5.32 Å². The van der Waals surface area contributed by atoms with Crippen LogP contribution in [0.15, 0.2) is 0 Å². The van der Waals surface area contributed by atoms with Crippen molar-refractivity contribution in [3.05, 3.63) is 0 Å². The third-order valence-corrected chi connectivity index (χ3v) is 3.03. The van der Waals surface area contributed by atoms with E-state index >= 15 is 0 Å². The first kappa shape index (κ1) is 7.29. The summed E-state index contributed by atoms with van der Waals surface area (Å²) in [4.78, 5) is 11.4. The molecule has 2 rings (SSSR count). The van der Waals surface area contributed by atoms with Crippen LogP contribution < -0.4 is 5.32 Å². The van der Waals surface area contributed by atoms with Gasteiger partial charge in [-0.1, -0.05) is 12.8 Å². The molecule has 0 radical (unpaired) electrons. The maximum atomic E-state index is 11.4. The number of carbonyl (C=O) groups is 1. The van der Waals surface area contributed by atoms with Crippen LogP contribution in [0.5, 0.6) is 0 Å². The molecule has 1 heterocycles. The summed E-state index contributed by atoms with van der Waals surface area (Å²) < 4.78 is 0. The first-order valence-electron chi connectivity index (χ1n) is 4.61. The Morgan fingerprint density at radius 2 is 2.09 bits per heavy atom. The third kappa shape index (κ3) is 1.32. The van der Waals surface area contributed by atoms with Crippen molar-refractivity contribution < 1.29 is 4.79 Å². The number of ketones is 1. The molecule has 62 valence electrons. The predicted octanol–water partition coefficient (Wildman–Crippen LogP) is 0.965. The van der Waals surface area contributed by atoms with E-state index in [1.165, 1.54) is 19.3 Å². The summed E-state index contributed by atoms with van der Waals surface area (Å²) in [6, 6.07) is 0. The quantitative estimate of drug-likeness (QED) is 0.561. The zero-order valence-electron chi connectivity index (χ0n) is 6.81. The number of rotatable bonds is 0. The fourth-order valence-corrected chi connectivity index (χ4v) is 2.39. The molecule has 1 aliphatic carbocycles. The minimum absolute atomic E-state index is 0.421. The van der Waals surface area contributed by atoms with Gasteiger partial charge in [-0.15, -0.1) is 0 Å². The summed E-state index contributed by atoms with van der Waals surface area (Å²) in [6.45, 7) is 1.71. The summed E-state index contributed by atoms with van der Waals surface area (Å²) in [5.74, 6) is 1.55. The first-order chi connectivity index (χ1) is 5.38. The van der Waals surface area contributed by atoms with Gasteiger partial charge in [-0.3, -0.25) is 4.79 Å². The largest absolute Gasteiger partial charge is 0.310 e. The number of hydrogen-bond donors (Lipinski definition) is 1. The number of carbonyl (C=O) groups excluding carboxylic acids is 1. The van der Waals surface area contributed by atoms with Crippen LogP contribution in [0.2, 0.25) is 0 Å². The van der Waals surface area contributed by atoms with Crippen molar-refractivity contribution in [3.8, 4) is 0 Å². The van der Waals surface area contributed by atoms with Gasteiger partial charge in [-0.05, 0) is 25.3 Å². The molecule has 0 spiro atoms. The van der Waals surface area contributed by atoms with E-state index in [9.17, 15) is 4.79 Å². The number of nitrogens with one attached hydrogen (secondary N) is 1. The van der Waals surface area contributed by atoms with E-state index in [0.717, 1.165) is 13.0 Å². The highest BCUT2D eigenvalue weighted by atomic mass is 16.1. The predicted molar refractivity (Wildman–Crippen MR) is 43.3 cm³/mol. The minimum atomic E-state index is 0.421. The molecule has 2 unspecified atom stereocenters. The molecule has 11 heavy (non-hydrogen) atoms. The first-order valence-corrected chi connectivity index (χ1v) is 4.61. The zero-order chi connectivity index (χ0) is 7.68. The molecule has 1 aliphatic heterocycles. The van der Waals surface area contributed by atoms with E-state index in [1.54, 1.807) is 0 Å². The SMILES string of the molecule is O=C1CNCC2CCCCC12. The Morgan fingerprint density at radius 3 is 2.91 bits per heavy atom. The molecule has 2 aliphatic rings. The lowest BCUT2D eigenvalue weighted by molar-refractivity contribution is -0.126. The average Bonchev–Trinajstić information content (AvgIpc) is 2.06. The Morgan fingerprint density at radius 1 is 1.27 bits per heavy atom. The molecular weight excluding hydrogens is 138 g/mol. The van der Waals surface area contributed by atoms with E-state index in [1.807, 2.05) is 0 Å². The molecule has 0 aromatic heterocycles. The van der Waals surface area contributed by atoms with Crippen LogP contribution in [-0.4, -0.2) is 18.9 Å². The molecule has 0 aromatic rings. The second kappa shape index (κ2) is 2.94. The standard InChI is InChI=1S/C9H15NO/c11-9-6-10-5-7-3-1-2-4-8(7)9/h7-8,10H,1-6H2. The fourth-order valence-electron chi connectivity index (χ4n) is 2.39. The van der Waals surface area contributed by atoms with Gasteiger partial charge in [0, 0.05) is 5.92 Å². The van der Waals surface area contributed by atoms with E-state index in [4.69, 9.17) is 0 Å². The summed E-state index contributed by atoms with van der Waals surface area (Å²) >= 11 is 0. The lowest BCUT2D eigenvalue weighted by atomic mass is 9.75. The smallest absolute Gasteiger partial charge is 0.150 e. The Bertz CT molecular complexity index is 165. The second-order valence-corrected chi connectivity index (χ2v) is 3.75. The number of hydrogen-bond acceptors (Lipinski definition) is 2. The Labute approximate surface area is 67.4 Å². The molecule has 2 nitrogen and oxygen atoms in total. The van der Waals surface area contributed by atoms with Gasteiger partial charge in [0.25, 0.3) is 0 Å². The average molecular weight is 153 g/mol. The van der Waals surface area contributed by atoms with Gasteiger partial charge in [-0.25, -0.2) is 0 Å². The van der Waals surface area contributed by atoms with Crippen LogP contribution in [0.4, 0.5) is 0 Å². The van der Waals surface area contributed by atoms with Crippen molar-refractivity contribution >= 4 is 5.78 Å². The van der Waals surface area contributed by atoms with Crippen molar-refractivity contribution in [2.75, 3.05) is 13.1 Å². The molecule has 1 saturated carbocycles. The Kier molecular flexibility index (Phi) is 1.95. The highest BCUT2D eigenvalue weighted by Crippen LogP contribution is 2.31. The van der Waals surface area contributed by atoms with Crippen molar-refractivity contribution in [3.63, 3.8) is 0 Å². The van der Waals surface area contributed by atoms with Gasteiger partial charge in [-0.2, -0.15) is 0 Å². The van der Waals surface area contributed by atoms with Crippen LogP contribution in [0.1, 0.15) is 25.7 Å². The number of Topliss-reactive ketones (excluding diaryl/α,β-unsaturated/α-hetero) is 1. The van der Waals surface area contributed by atoms with E-state index in [-0.39, 0.29) is 0 Å². The van der Waals surface area contributed by atoms with Gasteiger partial charge >= 0.3 is 0 Å². The lowest BCUT2D eigenvalue weighted by Crippen LogP contribution is -2.45. The summed E-state index contributed by atoms with van der Waals surface area (Å²) in [6.07, 6.45) is 5.03. The van der Waals surface area contributed by atoms with Crippen molar-refractivity contribution in [2.24, 2.45) is 11.8 Å². The maximum absolute atomic E-state index is 11.4. The maximum Gasteiger partial charge on any atom is 0.150 e. The second-order valence-electron chi connectivity index (χ2n) is 3.75. The minimum Gasteiger partial charge on any atom is -0.310 e. The molecule has 2 atom stereocenters. The van der Waals surface area contributed by atoms with Gasteiger partial charge in [0.15, 0.2) is 0 Å². The number of piperidine rings is 1. The molecule has 0 bridgehead atoms. The normalized spacial score (nSPS) is 38.4.